The van der Waals surface area contributed by atoms with Gasteiger partial charge in [0.25, 0.3) is 10.1 Å². The molecule has 0 aliphatic rings. The Bertz CT molecular complexity index is 1030. The number of rotatable bonds is 10. The van der Waals surface area contributed by atoms with E-state index >= 15 is 0 Å². The summed E-state index contributed by atoms with van der Waals surface area (Å²) in [5.41, 5.74) is 0.964. The third-order valence-corrected chi connectivity index (χ3v) is 5.44. The number of hydrogen-bond donors (Lipinski definition) is 0. The predicted molar refractivity (Wildman–Crippen MR) is 111 cm³/mol. The van der Waals surface area contributed by atoms with Crippen LogP contribution in [0.25, 0.3) is 0 Å². The van der Waals surface area contributed by atoms with Crippen molar-refractivity contribution in [2.75, 3.05) is 0 Å². The van der Waals surface area contributed by atoms with E-state index < -0.39 is 40.4 Å². The van der Waals surface area contributed by atoms with Gasteiger partial charge in [0.15, 0.2) is 24.6 Å². The molecule has 0 saturated carbocycles. The van der Waals surface area contributed by atoms with E-state index in [0.717, 1.165) is 18.6 Å². The van der Waals surface area contributed by atoms with Gasteiger partial charge in [-0.2, -0.15) is 8.42 Å². The topological polar surface area (TPSA) is 113 Å². The number of ether oxygens (including phenoxy) is 2. The van der Waals surface area contributed by atoms with Crippen molar-refractivity contribution >= 4 is 28.3 Å². The Balaban J connectivity index is 2.37. The van der Waals surface area contributed by atoms with Crippen molar-refractivity contribution in [1.82, 2.24) is 0 Å². The first-order valence-corrected chi connectivity index (χ1v) is 10.6. The van der Waals surface area contributed by atoms with Crippen LogP contribution in [0.1, 0.15) is 22.8 Å². The molecule has 2 aromatic carbocycles. The largest absolute Gasteiger partial charge is 0.454 e. The minimum Gasteiger partial charge on any atom is -0.454 e. The lowest BCUT2D eigenvalue weighted by Crippen LogP contribution is -2.45. The van der Waals surface area contributed by atoms with Crippen LogP contribution in [-0.2, 0) is 33.4 Å². The second kappa shape index (κ2) is 10.6. The fourth-order valence-corrected chi connectivity index (χ4v) is 3.62. The molecule has 0 heterocycles. The third kappa shape index (κ3) is 6.59. The molecule has 0 spiro atoms. The molecule has 2 aromatic rings. The lowest BCUT2D eigenvalue weighted by Gasteiger charge is -2.28. The van der Waals surface area contributed by atoms with Gasteiger partial charge in [0.05, 0.1) is 10.5 Å². The smallest absolute Gasteiger partial charge is 0.338 e. The first-order chi connectivity index (χ1) is 14.7. The first-order valence-electron chi connectivity index (χ1n) is 9.19. The lowest BCUT2D eigenvalue weighted by molar-refractivity contribution is -0.153. The molecule has 31 heavy (non-hydrogen) atoms. The van der Waals surface area contributed by atoms with Gasteiger partial charge >= 0.3 is 11.9 Å². The van der Waals surface area contributed by atoms with E-state index in [1.807, 2.05) is 0 Å². The maximum absolute atomic E-state index is 12.7. The van der Waals surface area contributed by atoms with Crippen LogP contribution in [0.15, 0.2) is 72.1 Å². The first kappa shape index (κ1) is 24.0. The van der Waals surface area contributed by atoms with E-state index in [4.69, 9.17) is 13.7 Å². The van der Waals surface area contributed by atoms with Crippen LogP contribution in [0.5, 0.6) is 0 Å². The molecule has 2 rings (SSSR count). The maximum Gasteiger partial charge on any atom is 0.338 e. The van der Waals surface area contributed by atoms with Gasteiger partial charge in [-0.05, 0) is 37.3 Å². The van der Waals surface area contributed by atoms with Gasteiger partial charge in [-0.3, -0.25) is 8.98 Å². The standard InChI is InChI=1S/C22H22O8S/c1-4-19(28-16(3)24)21(29-22(25)17-8-6-5-7-9-17)20(14-23)30-31(26,27)18-12-10-15(2)11-13-18/h4-14,19-21H,1H2,2-3H3/t19-,20+,21+/m1/s1. The Hall–Kier alpha value is -3.30. The summed E-state index contributed by atoms with van der Waals surface area (Å²) < 4.78 is 40.8. The van der Waals surface area contributed by atoms with E-state index in [2.05, 4.69) is 6.58 Å². The second-order valence-corrected chi connectivity index (χ2v) is 8.08. The molecule has 164 valence electrons. The van der Waals surface area contributed by atoms with Gasteiger partial charge < -0.3 is 14.3 Å². The summed E-state index contributed by atoms with van der Waals surface area (Å²) >= 11 is 0. The van der Waals surface area contributed by atoms with Gasteiger partial charge in [-0.1, -0.05) is 42.5 Å². The average molecular weight is 446 g/mol. The highest BCUT2D eigenvalue weighted by Gasteiger charge is 2.38. The van der Waals surface area contributed by atoms with E-state index in [9.17, 15) is 22.8 Å². The monoisotopic (exact) mass is 446 g/mol. The van der Waals surface area contributed by atoms with Crippen LogP contribution in [0.3, 0.4) is 0 Å². The Morgan fingerprint density at radius 3 is 2.10 bits per heavy atom. The van der Waals surface area contributed by atoms with Crippen LogP contribution in [0.2, 0.25) is 0 Å². The average Bonchev–Trinajstić information content (AvgIpc) is 2.75. The van der Waals surface area contributed by atoms with Crippen LogP contribution in [0.4, 0.5) is 0 Å². The zero-order chi connectivity index (χ0) is 23.0. The molecule has 0 unspecified atom stereocenters. The Labute approximate surface area is 180 Å². The van der Waals surface area contributed by atoms with E-state index in [1.54, 1.807) is 37.3 Å². The minimum absolute atomic E-state index is 0.143. The van der Waals surface area contributed by atoms with Gasteiger partial charge in [0.2, 0.25) is 0 Å². The van der Waals surface area contributed by atoms with Crippen LogP contribution in [-0.4, -0.2) is 45.0 Å². The molecular formula is C22H22O8S. The van der Waals surface area contributed by atoms with E-state index in [-0.39, 0.29) is 16.7 Å². The predicted octanol–water partition coefficient (Wildman–Crippen LogP) is 2.61. The molecular weight excluding hydrogens is 424 g/mol. The van der Waals surface area contributed by atoms with Crippen LogP contribution in [0, 0.1) is 6.92 Å². The molecule has 0 radical (unpaired) electrons. The lowest BCUT2D eigenvalue weighted by atomic mass is 10.1. The molecule has 0 N–H and O–H groups in total. The highest BCUT2D eigenvalue weighted by Crippen LogP contribution is 2.21. The van der Waals surface area contributed by atoms with Crippen molar-refractivity contribution in [3.63, 3.8) is 0 Å². The molecule has 9 heteroatoms. The van der Waals surface area contributed by atoms with Crippen molar-refractivity contribution in [1.29, 1.82) is 0 Å². The molecule has 0 saturated heterocycles. The van der Waals surface area contributed by atoms with Crippen molar-refractivity contribution < 1.29 is 36.5 Å². The van der Waals surface area contributed by atoms with Gasteiger partial charge in [-0.15, -0.1) is 0 Å². The fourth-order valence-electron chi connectivity index (χ4n) is 2.59. The van der Waals surface area contributed by atoms with Gasteiger partial charge in [0, 0.05) is 6.92 Å². The number of aryl methyl sites for hydroxylation is 1. The van der Waals surface area contributed by atoms with Crippen molar-refractivity contribution in [3.05, 3.63) is 78.4 Å². The Morgan fingerprint density at radius 2 is 1.58 bits per heavy atom. The Morgan fingerprint density at radius 1 is 0.968 bits per heavy atom. The van der Waals surface area contributed by atoms with Crippen molar-refractivity contribution in [2.24, 2.45) is 0 Å². The summed E-state index contributed by atoms with van der Waals surface area (Å²) in [5, 5.41) is 0. The molecule has 0 aliphatic heterocycles. The summed E-state index contributed by atoms with van der Waals surface area (Å²) in [6.07, 6.45) is -3.47. The summed E-state index contributed by atoms with van der Waals surface area (Å²) in [5.74, 6) is -1.62. The van der Waals surface area contributed by atoms with E-state index in [0.29, 0.717) is 0 Å². The number of carbonyl (C=O) groups is 3. The number of aldehydes is 1. The van der Waals surface area contributed by atoms with Gasteiger partial charge in [-0.25, -0.2) is 4.79 Å². The Kier molecular flexibility index (Phi) is 8.23. The quantitative estimate of drug-likeness (QED) is 0.237. The zero-order valence-corrected chi connectivity index (χ0v) is 17.8. The number of benzene rings is 2. The second-order valence-electron chi connectivity index (χ2n) is 6.51. The molecule has 0 aliphatic carbocycles. The molecule has 0 amide bonds. The summed E-state index contributed by atoms with van der Waals surface area (Å²) in [6.45, 7) is 6.39. The molecule has 0 bridgehead atoms. The number of carbonyl (C=O) groups excluding carboxylic acids is 3. The summed E-state index contributed by atoms with van der Waals surface area (Å²) in [6, 6.07) is 13.6. The SMILES string of the molecule is C=C[C@@H](OC(C)=O)[C@H](OC(=O)c1ccccc1)[C@H](C=O)OS(=O)(=O)c1ccc(C)cc1. The van der Waals surface area contributed by atoms with Crippen molar-refractivity contribution in [2.45, 2.75) is 37.1 Å². The van der Waals surface area contributed by atoms with Crippen LogP contribution < -0.4 is 0 Å². The number of hydrogen-bond acceptors (Lipinski definition) is 8. The van der Waals surface area contributed by atoms with Gasteiger partial charge in [0.1, 0.15) is 0 Å². The fraction of sp³-hybridized carbons (Fsp3) is 0.227. The molecule has 0 fully saturated rings. The zero-order valence-electron chi connectivity index (χ0n) is 17.0. The molecule has 8 nitrogen and oxygen atoms in total. The summed E-state index contributed by atoms with van der Waals surface area (Å²) in [7, 11) is -4.40. The number of esters is 2. The highest BCUT2D eigenvalue weighted by atomic mass is 32.2. The van der Waals surface area contributed by atoms with Crippen LogP contribution >= 0.6 is 0 Å². The molecule has 0 aromatic heterocycles. The minimum atomic E-state index is -4.40. The summed E-state index contributed by atoms with van der Waals surface area (Å²) in [4.78, 5) is 35.6. The van der Waals surface area contributed by atoms with E-state index in [1.165, 1.54) is 24.3 Å². The van der Waals surface area contributed by atoms with Crippen molar-refractivity contribution in [3.8, 4) is 0 Å². The molecule has 3 atom stereocenters. The normalized spacial score (nSPS) is 14.0. The maximum atomic E-state index is 12.7. The highest BCUT2D eigenvalue weighted by molar-refractivity contribution is 7.86. The third-order valence-electron chi connectivity index (χ3n) is 4.12.